The maximum atomic E-state index is 12.3. The van der Waals surface area contributed by atoms with E-state index in [1.54, 1.807) is 0 Å². The highest BCUT2D eigenvalue weighted by Crippen LogP contribution is 2.29. The van der Waals surface area contributed by atoms with Crippen molar-refractivity contribution in [1.82, 2.24) is 10.3 Å². The molecule has 7 nitrogen and oxygen atoms in total. The van der Waals surface area contributed by atoms with Gasteiger partial charge in [0.05, 0.1) is 5.92 Å². The number of hydrogen-bond acceptors (Lipinski definition) is 5. The fourth-order valence-electron chi connectivity index (χ4n) is 1.68. The van der Waals surface area contributed by atoms with Gasteiger partial charge in [-0.2, -0.15) is 18.2 Å². The summed E-state index contributed by atoms with van der Waals surface area (Å²) in [6.07, 6.45) is -4.38. The van der Waals surface area contributed by atoms with E-state index in [0.29, 0.717) is 6.26 Å². The SMILES string of the molecule is CC1C(=O)NC(=O)C1C(=O)Nc1nc(C(F)(F)F)co1. The lowest BCUT2D eigenvalue weighted by atomic mass is 9.96. The van der Waals surface area contributed by atoms with E-state index in [9.17, 15) is 27.6 Å². The average molecular weight is 291 g/mol. The molecule has 1 saturated heterocycles. The fourth-order valence-corrected chi connectivity index (χ4v) is 1.68. The van der Waals surface area contributed by atoms with Crippen molar-refractivity contribution in [3.63, 3.8) is 0 Å². The van der Waals surface area contributed by atoms with Gasteiger partial charge >= 0.3 is 12.2 Å². The maximum Gasteiger partial charge on any atom is 0.436 e. The molecule has 0 spiro atoms. The molecule has 1 aromatic rings. The molecule has 10 heteroatoms. The van der Waals surface area contributed by atoms with E-state index in [1.807, 2.05) is 10.6 Å². The molecule has 1 aliphatic rings. The smallest absolute Gasteiger partial charge is 0.431 e. The van der Waals surface area contributed by atoms with Crippen LogP contribution in [0.25, 0.3) is 0 Å². The minimum absolute atomic E-state index is 0.332. The van der Waals surface area contributed by atoms with Gasteiger partial charge in [0.15, 0.2) is 5.69 Å². The number of oxazole rings is 1. The van der Waals surface area contributed by atoms with Crippen LogP contribution in [0, 0.1) is 11.8 Å². The van der Waals surface area contributed by atoms with Crippen LogP contribution in [0.2, 0.25) is 0 Å². The third-order valence-corrected chi connectivity index (χ3v) is 2.75. The summed E-state index contributed by atoms with van der Waals surface area (Å²) in [6.45, 7) is 1.35. The topological polar surface area (TPSA) is 101 Å². The van der Waals surface area contributed by atoms with Gasteiger partial charge < -0.3 is 4.42 Å². The number of carbonyl (C=O) groups excluding carboxylic acids is 3. The largest absolute Gasteiger partial charge is 0.436 e. The number of hydrogen-bond donors (Lipinski definition) is 2. The molecular formula is C10H8F3N3O4. The first kappa shape index (κ1) is 14.0. The summed E-state index contributed by atoms with van der Waals surface area (Å²) in [6, 6.07) is -0.693. The molecule has 2 N–H and O–H groups in total. The third kappa shape index (κ3) is 2.49. The number of aromatic nitrogens is 1. The van der Waals surface area contributed by atoms with Gasteiger partial charge in [0.25, 0.3) is 0 Å². The quantitative estimate of drug-likeness (QED) is 0.611. The van der Waals surface area contributed by atoms with E-state index in [2.05, 4.69) is 9.40 Å². The molecule has 0 saturated carbocycles. The molecular weight excluding hydrogens is 283 g/mol. The lowest BCUT2D eigenvalue weighted by molar-refractivity contribution is -0.141. The van der Waals surface area contributed by atoms with Crippen LogP contribution in [-0.4, -0.2) is 22.7 Å². The van der Waals surface area contributed by atoms with Gasteiger partial charge in [-0.3, -0.25) is 25.0 Å². The Balaban J connectivity index is 2.11. The van der Waals surface area contributed by atoms with Gasteiger partial charge in [0.2, 0.25) is 17.7 Å². The zero-order valence-electron chi connectivity index (χ0n) is 9.95. The Bertz CT molecular complexity index is 581. The number of rotatable bonds is 2. The van der Waals surface area contributed by atoms with Crippen molar-refractivity contribution in [1.29, 1.82) is 0 Å². The molecule has 2 atom stereocenters. The van der Waals surface area contributed by atoms with Crippen LogP contribution < -0.4 is 10.6 Å². The van der Waals surface area contributed by atoms with Crippen molar-refractivity contribution in [2.45, 2.75) is 13.1 Å². The Kier molecular flexibility index (Phi) is 3.24. The van der Waals surface area contributed by atoms with Gasteiger partial charge in [0, 0.05) is 0 Å². The van der Waals surface area contributed by atoms with Crippen LogP contribution in [0.3, 0.4) is 0 Å². The molecule has 2 heterocycles. The van der Waals surface area contributed by atoms with E-state index in [0.717, 1.165) is 0 Å². The second-order valence-corrected chi connectivity index (χ2v) is 4.14. The Morgan fingerprint density at radius 2 is 2.05 bits per heavy atom. The van der Waals surface area contributed by atoms with Gasteiger partial charge in [-0.1, -0.05) is 6.92 Å². The maximum absolute atomic E-state index is 12.3. The summed E-state index contributed by atoms with van der Waals surface area (Å²) in [4.78, 5) is 37.3. The Hall–Kier alpha value is -2.39. The van der Waals surface area contributed by atoms with Gasteiger partial charge in [-0.05, 0) is 0 Å². The number of imide groups is 1. The Morgan fingerprint density at radius 3 is 2.50 bits per heavy atom. The van der Waals surface area contributed by atoms with Crippen LogP contribution >= 0.6 is 0 Å². The van der Waals surface area contributed by atoms with Crippen molar-refractivity contribution >= 4 is 23.7 Å². The zero-order valence-corrected chi connectivity index (χ0v) is 9.95. The highest BCUT2D eigenvalue weighted by atomic mass is 19.4. The minimum atomic E-state index is -4.71. The highest BCUT2D eigenvalue weighted by molar-refractivity contribution is 6.17. The number of alkyl halides is 3. The molecule has 0 bridgehead atoms. The van der Waals surface area contributed by atoms with Gasteiger partial charge in [-0.15, -0.1) is 0 Å². The number of halogens is 3. The number of carbonyl (C=O) groups is 3. The van der Waals surface area contributed by atoms with Crippen LogP contribution in [0.15, 0.2) is 10.7 Å². The van der Waals surface area contributed by atoms with Crippen molar-refractivity contribution in [2.24, 2.45) is 11.8 Å². The molecule has 0 radical (unpaired) electrons. The predicted octanol–water partition coefficient (Wildman–Crippen LogP) is 0.541. The third-order valence-electron chi connectivity index (χ3n) is 2.75. The fraction of sp³-hybridized carbons (Fsp3) is 0.400. The van der Waals surface area contributed by atoms with Gasteiger partial charge in [0.1, 0.15) is 12.2 Å². The van der Waals surface area contributed by atoms with Crippen LogP contribution in [0.4, 0.5) is 19.2 Å². The molecule has 20 heavy (non-hydrogen) atoms. The second kappa shape index (κ2) is 4.62. The molecule has 1 aromatic heterocycles. The molecule has 0 aromatic carbocycles. The Labute approximate surface area is 109 Å². The number of nitrogens with zero attached hydrogens (tertiary/aromatic N) is 1. The van der Waals surface area contributed by atoms with E-state index < -0.39 is 47.4 Å². The molecule has 3 amide bonds. The minimum Gasteiger partial charge on any atom is -0.431 e. The first-order valence-electron chi connectivity index (χ1n) is 5.38. The highest BCUT2D eigenvalue weighted by Gasteiger charge is 2.44. The van der Waals surface area contributed by atoms with Gasteiger partial charge in [-0.25, -0.2) is 0 Å². The average Bonchev–Trinajstić information content (AvgIpc) is 2.85. The summed E-state index contributed by atoms with van der Waals surface area (Å²) >= 11 is 0. The predicted molar refractivity (Wildman–Crippen MR) is 55.9 cm³/mol. The number of anilines is 1. The van der Waals surface area contributed by atoms with E-state index in [1.165, 1.54) is 6.92 Å². The molecule has 2 rings (SSSR count). The number of nitrogens with one attached hydrogen (secondary N) is 2. The molecule has 2 unspecified atom stereocenters. The lowest BCUT2D eigenvalue weighted by Crippen LogP contribution is -2.32. The van der Waals surface area contributed by atoms with Crippen molar-refractivity contribution in [2.75, 3.05) is 5.32 Å². The van der Waals surface area contributed by atoms with Crippen LogP contribution in [0.5, 0.6) is 0 Å². The first-order chi connectivity index (χ1) is 9.20. The van der Waals surface area contributed by atoms with Crippen molar-refractivity contribution in [3.8, 4) is 0 Å². The normalized spacial score (nSPS) is 22.8. The molecule has 0 aliphatic carbocycles. The summed E-state index contributed by atoms with van der Waals surface area (Å²) < 4.78 is 41.3. The van der Waals surface area contributed by atoms with E-state index in [-0.39, 0.29) is 0 Å². The summed E-state index contributed by atoms with van der Waals surface area (Å²) in [7, 11) is 0. The Morgan fingerprint density at radius 1 is 1.40 bits per heavy atom. The molecule has 1 fully saturated rings. The standard InChI is InChI=1S/C10H8F3N3O4/c1-3-5(7(18)15-6(3)17)8(19)16-9-14-4(2-20-9)10(11,12)13/h2-3,5H,1H3,(H,14,16,19)(H,15,17,18). The number of amides is 3. The van der Waals surface area contributed by atoms with E-state index >= 15 is 0 Å². The summed E-state index contributed by atoms with van der Waals surface area (Å²) in [5, 5.41) is 3.87. The zero-order chi connectivity index (χ0) is 15.1. The first-order valence-corrected chi connectivity index (χ1v) is 5.38. The second-order valence-electron chi connectivity index (χ2n) is 4.14. The summed E-state index contributed by atoms with van der Waals surface area (Å²) in [5.74, 6) is -4.65. The summed E-state index contributed by atoms with van der Waals surface area (Å²) in [5.41, 5.74) is -1.31. The van der Waals surface area contributed by atoms with Crippen LogP contribution in [-0.2, 0) is 20.6 Å². The lowest BCUT2D eigenvalue weighted by Gasteiger charge is -2.08. The monoisotopic (exact) mass is 291 g/mol. The van der Waals surface area contributed by atoms with Crippen molar-refractivity contribution in [3.05, 3.63) is 12.0 Å². The van der Waals surface area contributed by atoms with E-state index in [4.69, 9.17) is 0 Å². The molecule has 1 aliphatic heterocycles. The molecule has 108 valence electrons. The van der Waals surface area contributed by atoms with Crippen molar-refractivity contribution < 1.29 is 32.0 Å². The van der Waals surface area contributed by atoms with Crippen LogP contribution in [0.1, 0.15) is 12.6 Å².